The van der Waals surface area contributed by atoms with Crippen LogP contribution in [0.5, 0.6) is 0 Å². The van der Waals surface area contributed by atoms with Crippen LogP contribution in [0.25, 0.3) is 6.08 Å². The Balaban J connectivity index is 1.67. The number of nitrogens with zero attached hydrogens (tertiary/aromatic N) is 3. The molecule has 1 aliphatic carbocycles. The number of aliphatic imine (C=N–C) groups is 1. The number of non-ortho nitro benzene ring substituents is 1. The zero-order valence-electron chi connectivity index (χ0n) is 17.6. The van der Waals surface area contributed by atoms with Crippen LogP contribution in [0, 0.1) is 10.1 Å². The number of nitro groups is 1. The van der Waals surface area contributed by atoms with Crippen molar-refractivity contribution in [2.24, 2.45) is 10.1 Å². The third-order valence-corrected chi connectivity index (χ3v) is 7.48. The highest BCUT2D eigenvalue weighted by atomic mass is 32.2. The van der Waals surface area contributed by atoms with Gasteiger partial charge in [0.15, 0.2) is 5.17 Å². The van der Waals surface area contributed by atoms with Crippen molar-refractivity contribution >= 4 is 50.3 Å². The Morgan fingerprint density at radius 2 is 1.70 bits per heavy atom. The Bertz CT molecular complexity index is 1230. The van der Waals surface area contributed by atoms with Crippen molar-refractivity contribution in [2.75, 3.05) is 0 Å². The van der Waals surface area contributed by atoms with Gasteiger partial charge in [-0.1, -0.05) is 19.3 Å². The van der Waals surface area contributed by atoms with Crippen LogP contribution in [-0.4, -0.2) is 35.4 Å². The molecule has 1 saturated carbocycles. The number of sulfonamides is 1. The topological polar surface area (TPSA) is 136 Å². The fourth-order valence-corrected chi connectivity index (χ4v) is 5.46. The Morgan fingerprint density at radius 1 is 1.06 bits per heavy atom. The molecule has 0 aromatic heterocycles. The van der Waals surface area contributed by atoms with Gasteiger partial charge in [-0.05, 0) is 72.6 Å². The number of amides is 1. The second-order valence-corrected chi connectivity index (χ2v) is 10.4. The number of amidine groups is 1. The molecular formula is C22H22N4O5S2. The quantitative estimate of drug-likeness (QED) is 0.382. The van der Waals surface area contributed by atoms with Crippen molar-refractivity contribution in [2.45, 2.75) is 43.0 Å². The van der Waals surface area contributed by atoms with E-state index in [4.69, 9.17) is 5.14 Å². The highest BCUT2D eigenvalue weighted by molar-refractivity contribution is 8.18. The zero-order valence-corrected chi connectivity index (χ0v) is 19.2. The van der Waals surface area contributed by atoms with Crippen LogP contribution in [-0.2, 0) is 14.8 Å². The molecule has 2 aliphatic rings. The molecule has 4 rings (SSSR count). The second kappa shape index (κ2) is 9.46. The van der Waals surface area contributed by atoms with E-state index in [-0.39, 0.29) is 22.5 Å². The number of rotatable bonds is 5. The lowest BCUT2D eigenvalue weighted by Crippen LogP contribution is -2.40. The standard InChI is InChI=1S/C22H22N4O5S2/c23-33(30,31)19-12-8-16(9-13-19)24-22-25(17-4-2-1-3-5-17)21(27)20(32-22)14-15-6-10-18(11-7-15)26(28)29/h6-14,17H,1-5H2,(H2,23,30,31)/b20-14?,24-22-. The van der Waals surface area contributed by atoms with Gasteiger partial charge in [0.2, 0.25) is 10.0 Å². The van der Waals surface area contributed by atoms with E-state index >= 15 is 0 Å². The van der Waals surface area contributed by atoms with Gasteiger partial charge in [-0.15, -0.1) is 0 Å². The largest absolute Gasteiger partial charge is 0.283 e. The van der Waals surface area contributed by atoms with Crippen LogP contribution < -0.4 is 5.14 Å². The average Bonchev–Trinajstić information content (AvgIpc) is 3.09. The maximum atomic E-state index is 13.3. The maximum absolute atomic E-state index is 13.3. The molecule has 1 amide bonds. The van der Waals surface area contributed by atoms with E-state index in [0.717, 1.165) is 32.1 Å². The molecule has 33 heavy (non-hydrogen) atoms. The predicted molar refractivity (Wildman–Crippen MR) is 127 cm³/mol. The molecule has 1 heterocycles. The molecule has 0 bridgehead atoms. The summed E-state index contributed by atoms with van der Waals surface area (Å²) >= 11 is 1.24. The summed E-state index contributed by atoms with van der Waals surface area (Å²) < 4.78 is 23.0. The van der Waals surface area contributed by atoms with E-state index in [1.165, 1.54) is 36.0 Å². The van der Waals surface area contributed by atoms with Gasteiger partial charge in [0, 0.05) is 18.2 Å². The first kappa shape index (κ1) is 23.1. The lowest BCUT2D eigenvalue weighted by atomic mass is 9.94. The predicted octanol–water partition coefficient (Wildman–Crippen LogP) is 4.18. The molecule has 172 valence electrons. The third kappa shape index (κ3) is 5.32. The molecular weight excluding hydrogens is 464 g/mol. The monoisotopic (exact) mass is 486 g/mol. The summed E-state index contributed by atoms with van der Waals surface area (Å²) in [5, 5.41) is 16.6. The van der Waals surface area contributed by atoms with Crippen molar-refractivity contribution in [3.8, 4) is 0 Å². The highest BCUT2D eigenvalue weighted by Gasteiger charge is 2.38. The van der Waals surface area contributed by atoms with Crippen LogP contribution in [0.3, 0.4) is 0 Å². The minimum atomic E-state index is -3.80. The number of carbonyl (C=O) groups is 1. The minimum absolute atomic E-state index is 0.00973. The van der Waals surface area contributed by atoms with Crippen LogP contribution in [0.2, 0.25) is 0 Å². The Hall–Kier alpha value is -3.02. The van der Waals surface area contributed by atoms with E-state index in [2.05, 4.69) is 4.99 Å². The molecule has 1 saturated heterocycles. The Morgan fingerprint density at radius 3 is 2.27 bits per heavy atom. The van der Waals surface area contributed by atoms with E-state index in [9.17, 15) is 23.3 Å². The van der Waals surface area contributed by atoms with Gasteiger partial charge in [0.25, 0.3) is 11.6 Å². The normalized spacial score (nSPS) is 20.0. The number of thioether (sulfide) groups is 1. The first-order valence-electron chi connectivity index (χ1n) is 10.4. The highest BCUT2D eigenvalue weighted by Crippen LogP contribution is 2.38. The summed E-state index contributed by atoms with van der Waals surface area (Å²) in [5.74, 6) is -0.148. The fourth-order valence-electron chi connectivity index (χ4n) is 3.89. The van der Waals surface area contributed by atoms with Crippen LogP contribution in [0.4, 0.5) is 11.4 Å². The molecule has 0 radical (unpaired) electrons. The minimum Gasteiger partial charge on any atom is -0.283 e. The number of nitro benzene ring substituents is 1. The van der Waals surface area contributed by atoms with Gasteiger partial charge in [-0.2, -0.15) is 0 Å². The molecule has 2 fully saturated rings. The maximum Gasteiger partial charge on any atom is 0.269 e. The molecule has 11 heteroatoms. The fraction of sp³-hybridized carbons (Fsp3) is 0.273. The summed E-state index contributed by atoms with van der Waals surface area (Å²) in [5.41, 5.74) is 1.17. The molecule has 2 N–H and O–H groups in total. The number of hydrogen-bond donors (Lipinski definition) is 1. The first-order valence-corrected chi connectivity index (χ1v) is 12.8. The van der Waals surface area contributed by atoms with Gasteiger partial charge < -0.3 is 0 Å². The van der Waals surface area contributed by atoms with E-state index < -0.39 is 14.9 Å². The Labute approximate surface area is 195 Å². The van der Waals surface area contributed by atoms with Crippen LogP contribution >= 0.6 is 11.8 Å². The van der Waals surface area contributed by atoms with Gasteiger partial charge in [0.05, 0.1) is 20.4 Å². The van der Waals surface area contributed by atoms with Crippen molar-refractivity contribution < 1.29 is 18.1 Å². The van der Waals surface area contributed by atoms with Crippen molar-refractivity contribution in [1.82, 2.24) is 4.90 Å². The van der Waals surface area contributed by atoms with E-state index in [1.54, 1.807) is 35.2 Å². The van der Waals surface area contributed by atoms with Crippen molar-refractivity contribution in [1.29, 1.82) is 0 Å². The van der Waals surface area contributed by atoms with Crippen molar-refractivity contribution in [3.63, 3.8) is 0 Å². The van der Waals surface area contributed by atoms with Gasteiger partial charge >= 0.3 is 0 Å². The van der Waals surface area contributed by atoms with Crippen LogP contribution in [0.1, 0.15) is 37.7 Å². The summed E-state index contributed by atoms with van der Waals surface area (Å²) in [6.45, 7) is 0. The van der Waals surface area contributed by atoms with Crippen LogP contribution in [0.15, 0.2) is 63.3 Å². The molecule has 1 aliphatic heterocycles. The number of hydrogen-bond acceptors (Lipinski definition) is 7. The van der Waals surface area contributed by atoms with E-state index in [1.807, 2.05) is 0 Å². The lowest BCUT2D eigenvalue weighted by molar-refractivity contribution is -0.384. The number of primary sulfonamides is 1. The number of nitrogens with two attached hydrogens (primary N) is 1. The molecule has 0 spiro atoms. The summed E-state index contributed by atoms with van der Waals surface area (Å²) in [7, 11) is -3.80. The van der Waals surface area contributed by atoms with Gasteiger partial charge in [0.1, 0.15) is 0 Å². The summed E-state index contributed by atoms with van der Waals surface area (Å²) in [6, 6.07) is 11.9. The number of benzene rings is 2. The molecule has 9 nitrogen and oxygen atoms in total. The molecule has 0 unspecified atom stereocenters. The first-order chi connectivity index (χ1) is 15.7. The van der Waals surface area contributed by atoms with Crippen molar-refractivity contribution in [3.05, 3.63) is 69.1 Å². The third-order valence-electron chi connectivity index (χ3n) is 5.57. The second-order valence-electron chi connectivity index (χ2n) is 7.86. The molecule has 0 atom stereocenters. The molecule has 2 aromatic rings. The Kier molecular flexibility index (Phi) is 6.63. The van der Waals surface area contributed by atoms with Gasteiger partial charge in [-0.25, -0.2) is 18.5 Å². The number of carbonyl (C=O) groups excluding carboxylic acids is 1. The molecule has 2 aromatic carbocycles. The average molecular weight is 487 g/mol. The SMILES string of the molecule is NS(=O)(=O)c1ccc(/N=C2\SC(=Cc3ccc([N+](=O)[O-])cc3)C(=O)N2C2CCCCC2)cc1. The smallest absolute Gasteiger partial charge is 0.269 e. The summed E-state index contributed by atoms with van der Waals surface area (Å²) in [6.07, 6.45) is 6.70. The lowest BCUT2D eigenvalue weighted by Gasteiger charge is -2.30. The zero-order chi connectivity index (χ0) is 23.6. The van der Waals surface area contributed by atoms with E-state index in [0.29, 0.717) is 21.3 Å². The summed E-state index contributed by atoms with van der Waals surface area (Å²) in [4.78, 5) is 30.6. The van der Waals surface area contributed by atoms with Gasteiger partial charge in [-0.3, -0.25) is 19.8 Å².